The molecular weight excluding hydrogens is 726 g/mol. The van der Waals surface area contributed by atoms with Gasteiger partial charge in [-0.15, -0.1) is 0 Å². The molecule has 0 N–H and O–H groups in total. The summed E-state index contributed by atoms with van der Waals surface area (Å²) in [4.78, 5) is 51.8. The summed E-state index contributed by atoms with van der Waals surface area (Å²) in [5.41, 5.74) is 2.32. The van der Waals surface area contributed by atoms with Crippen molar-refractivity contribution in [3.63, 3.8) is 0 Å². The highest BCUT2D eigenvalue weighted by atomic mass is 79.9. The van der Waals surface area contributed by atoms with Crippen molar-refractivity contribution in [1.29, 1.82) is 0 Å². The molecule has 0 aromatic heterocycles. The molecule has 2 aliphatic carbocycles. The molecule has 0 radical (unpaired) electrons. The van der Waals surface area contributed by atoms with Crippen molar-refractivity contribution < 1.29 is 28.9 Å². The number of hydrogen-bond donors (Lipinski definition) is 0. The SMILES string of the molecule is COCCCN1C2=C(C(=O)CC(C)(C)C2)C(c2cc(Br)c(Oc3ccc([N+](=O)[O-])cc3[N+](=O)[O-])c(Br)c2)C2=C1CC(C)(C)CC2=O. The number of nitrogens with zero attached hydrogens (tertiary/aromatic N) is 3. The molecule has 0 saturated carbocycles. The minimum atomic E-state index is -0.743. The molecule has 13 heteroatoms. The van der Waals surface area contributed by atoms with Crippen LogP contribution in [0.2, 0.25) is 0 Å². The molecule has 0 bridgehead atoms. The predicted octanol–water partition coefficient (Wildman–Crippen LogP) is 8.54. The monoisotopic (exact) mass is 759 g/mol. The average Bonchev–Trinajstić information content (AvgIpc) is 2.93. The first-order valence-electron chi connectivity index (χ1n) is 14.9. The third-order valence-corrected chi connectivity index (χ3v) is 9.85. The Bertz CT molecular complexity index is 1650. The number of halogens is 2. The summed E-state index contributed by atoms with van der Waals surface area (Å²) in [7, 11) is 1.66. The Morgan fingerprint density at radius 2 is 1.41 bits per heavy atom. The molecule has 0 spiro atoms. The highest BCUT2D eigenvalue weighted by Gasteiger charge is 2.49. The van der Waals surface area contributed by atoms with Crippen LogP contribution in [0.5, 0.6) is 11.5 Å². The van der Waals surface area contributed by atoms with Gasteiger partial charge in [0.15, 0.2) is 17.3 Å². The van der Waals surface area contributed by atoms with Gasteiger partial charge in [0.2, 0.25) is 5.75 Å². The Labute approximate surface area is 283 Å². The van der Waals surface area contributed by atoms with Gasteiger partial charge in [-0.25, -0.2) is 0 Å². The zero-order valence-corrected chi connectivity index (χ0v) is 29.4. The number of Topliss-reactive ketones (excluding diaryl/α,β-unsaturated/α-hetero) is 2. The number of nitro benzene ring substituents is 2. The molecule has 244 valence electrons. The summed E-state index contributed by atoms with van der Waals surface area (Å²) in [5, 5.41) is 23.0. The Morgan fingerprint density at radius 1 is 0.870 bits per heavy atom. The fraction of sp³-hybridized carbons (Fsp3) is 0.455. The smallest absolute Gasteiger partial charge is 0.318 e. The van der Waals surface area contributed by atoms with E-state index >= 15 is 0 Å². The summed E-state index contributed by atoms with van der Waals surface area (Å²) in [6, 6.07) is 6.71. The maximum atomic E-state index is 14.1. The number of carbonyl (C=O) groups is 2. The van der Waals surface area contributed by atoms with Crippen LogP contribution in [0, 0.1) is 31.1 Å². The Morgan fingerprint density at radius 3 is 1.89 bits per heavy atom. The average molecular weight is 761 g/mol. The number of allylic oxidation sites excluding steroid dienone is 4. The highest BCUT2D eigenvalue weighted by molar-refractivity contribution is 9.11. The fourth-order valence-corrected chi connectivity index (χ4v) is 8.20. The molecule has 1 heterocycles. The molecule has 3 aliphatic rings. The molecule has 0 atom stereocenters. The lowest BCUT2D eigenvalue weighted by molar-refractivity contribution is -0.394. The second kappa shape index (κ2) is 12.6. The molecule has 0 saturated heterocycles. The topological polar surface area (TPSA) is 142 Å². The Hall–Kier alpha value is -3.42. The molecule has 1 aliphatic heterocycles. The first-order chi connectivity index (χ1) is 21.5. The first kappa shape index (κ1) is 33.9. The molecule has 11 nitrogen and oxygen atoms in total. The standard InChI is InChI=1S/C33H35Br2N3O8/c1-32(2)14-23-29(25(39)16-32)28(30-24(36(23)9-6-10-45-5)15-33(3,4)17-26(30)40)18-11-20(34)31(21(35)12-18)46-27-8-7-19(37(41)42)13-22(27)38(43)44/h7-8,11-13,28H,6,9-10,14-17H2,1-5H3. The first-order valence-corrected chi connectivity index (χ1v) is 16.5. The largest absolute Gasteiger partial charge is 0.448 e. The number of benzene rings is 2. The Balaban J connectivity index is 1.66. The summed E-state index contributed by atoms with van der Waals surface area (Å²) >= 11 is 7.12. The van der Waals surface area contributed by atoms with Crippen molar-refractivity contribution in [2.24, 2.45) is 10.8 Å². The van der Waals surface area contributed by atoms with Gasteiger partial charge in [-0.2, -0.15) is 0 Å². The molecule has 0 fully saturated rings. The molecule has 0 unspecified atom stereocenters. The minimum absolute atomic E-state index is 0.00579. The van der Waals surface area contributed by atoms with Crippen LogP contribution in [-0.4, -0.2) is 46.6 Å². The zero-order valence-electron chi connectivity index (χ0n) is 26.3. The number of carbonyl (C=O) groups excluding carboxylic acids is 2. The van der Waals surface area contributed by atoms with Crippen molar-refractivity contribution >= 4 is 54.8 Å². The zero-order chi connectivity index (χ0) is 33.7. The van der Waals surface area contributed by atoms with E-state index < -0.39 is 27.1 Å². The maximum absolute atomic E-state index is 14.1. The van der Waals surface area contributed by atoms with Crippen LogP contribution in [0.1, 0.15) is 71.3 Å². The van der Waals surface area contributed by atoms with Crippen molar-refractivity contribution in [3.05, 3.63) is 87.6 Å². The van der Waals surface area contributed by atoms with Crippen LogP contribution in [-0.2, 0) is 14.3 Å². The lowest BCUT2D eigenvalue weighted by atomic mass is 9.63. The van der Waals surface area contributed by atoms with Crippen LogP contribution in [0.4, 0.5) is 11.4 Å². The van der Waals surface area contributed by atoms with E-state index in [0.717, 1.165) is 29.9 Å². The van der Waals surface area contributed by atoms with E-state index in [-0.39, 0.29) is 33.9 Å². The van der Waals surface area contributed by atoms with Crippen LogP contribution in [0.25, 0.3) is 0 Å². The van der Waals surface area contributed by atoms with Gasteiger partial charge in [0, 0.05) is 67.6 Å². The number of nitro groups is 2. The number of hydrogen-bond acceptors (Lipinski definition) is 9. The molecule has 0 amide bonds. The van der Waals surface area contributed by atoms with Gasteiger partial charge in [-0.3, -0.25) is 29.8 Å². The normalized spacial score (nSPS) is 19.2. The number of ether oxygens (including phenoxy) is 2. The quantitative estimate of drug-likeness (QED) is 0.140. The van der Waals surface area contributed by atoms with E-state index in [1.54, 1.807) is 19.2 Å². The van der Waals surface area contributed by atoms with E-state index in [4.69, 9.17) is 9.47 Å². The number of ketones is 2. The number of rotatable bonds is 9. The van der Waals surface area contributed by atoms with Gasteiger partial charge in [0.25, 0.3) is 5.69 Å². The van der Waals surface area contributed by atoms with Crippen LogP contribution >= 0.6 is 31.9 Å². The Kier molecular flexibility index (Phi) is 9.33. The van der Waals surface area contributed by atoms with E-state index in [1.807, 2.05) is 0 Å². The van der Waals surface area contributed by atoms with Crippen LogP contribution in [0.3, 0.4) is 0 Å². The van der Waals surface area contributed by atoms with Crippen molar-refractivity contribution in [3.8, 4) is 11.5 Å². The van der Waals surface area contributed by atoms with Gasteiger partial charge < -0.3 is 14.4 Å². The molecule has 2 aromatic rings. The summed E-state index contributed by atoms with van der Waals surface area (Å²) in [6.07, 6.45) is 2.79. The van der Waals surface area contributed by atoms with E-state index in [0.29, 0.717) is 64.5 Å². The van der Waals surface area contributed by atoms with Gasteiger partial charge in [-0.1, -0.05) is 27.7 Å². The van der Waals surface area contributed by atoms with E-state index in [1.165, 1.54) is 6.07 Å². The van der Waals surface area contributed by atoms with Gasteiger partial charge >= 0.3 is 5.69 Å². The maximum Gasteiger partial charge on any atom is 0.318 e. The van der Waals surface area contributed by atoms with E-state index in [2.05, 4.69) is 64.5 Å². The van der Waals surface area contributed by atoms with Gasteiger partial charge in [0.05, 0.1) is 24.9 Å². The molecular formula is C33H35Br2N3O8. The van der Waals surface area contributed by atoms with Crippen molar-refractivity contribution in [2.45, 2.75) is 65.7 Å². The molecule has 46 heavy (non-hydrogen) atoms. The third kappa shape index (κ3) is 6.54. The molecule has 5 rings (SSSR count). The predicted molar refractivity (Wildman–Crippen MR) is 178 cm³/mol. The van der Waals surface area contributed by atoms with Crippen molar-refractivity contribution in [1.82, 2.24) is 4.90 Å². The summed E-state index contributed by atoms with van der Waals surface area (Å²) < 4.78 is 12.1. The van der Waals surface area contributed by atoms with E-state index in [9.17, 15) is 29.8 Å². The van der Waals surface area contributed by atoms with Gasteiger partial charge in [-0.05, 0) is 85.7 Å². The molecule has 2 aromatic carbocycles. The third-order valence-electron chi connectivity index (χ3n) is 8.67. The second-order valence-electron chi connectivity index (χ2n) is 13.6. The summed E-state index contributed by atoms with van der Waals surface area (Å²) in [5.74, 6) is -0.574. The van der Waals surface area contributed by atoms with Gasteiger partial charge in [0.1, 0.15) is 0 Å². The minimum Gasteiger partial charge on any atom is -0.448 e. The highest BCUT2D eigenvalue weighted by Crippen LogP contribution is 2.55. The lowest BCUT2D eigenvalue weighted by Gasteiger charge is -2.49. The lowest BCUT2D eigenvalue weighted by Crippen LogP contribution is -2.44. The fourth-order valence-electron chi connectivity index (χ4n) is 6.82. The van der Waals surface area contributed by atoms with Crippen LogP contribution < -0.4 is 4.74 Å². The number of non-ortho nitro benzene ring substituents is 1. The second-order valence-corrected chi connectivity index (χ2v) is 15.3. The number of methoxy groups -OCH3 is 1. The van der Waals surface area contributed by atoms with Crippen LogP contribution in [0.15, 0.2) is 61.8 Å². The van der Waals surface area contributed by atoms with Crippen molar-refractivity contribution in [2.75, 3.05) is 20.3 Å². The summed E-state index contributed by atoms with van der Waals surface area (Å²) in [6.45, 7) is 9.54.